The van der Waals surface area contributed by atoms with Gasteiger partial charge in [0.05, 0.1) is 6.54 Å². The van der Waals surface area contributed by atoms with E-state index in [4.69, 9.17) is 4.74 Å². The average molecular weight is 412 g/mol. The SMILES string of the molecule is CN1CCN(c2cc(OCCNC(=O)c3ccc(N4CCCC4)nn3)ncn2)CC1. The summed E-state index contributed by atoms with van der Waals surface area (Å²) in [6, 6.07) is 5.41. The first-order valence-electron chi connectivity index (χ1n) is 10.4. The van der Waals surface area contributed by atoms with Crippen LogP contribution in [0.1, 0.15) is 23.3 Å². The molecule has 2 aromatic rings. The van der Waals surface area contributed by atoms with Gasteiger partial charge in [-0.25, -0.2) is 9.97 Å². The predicted octanol–water partition coefficient (Wildman–Crippen LogP) is 0.427. The number of rotatable bonds is 7. The minimum Gasteiger partial charge on any atom is -0.476 e. The second-order valence-corrected chi connectivity index (χ2v) is 7.58. The Kier molecular flexibility index (Phi) is 6.53. The van der Waals surface area contributed by atoms with Crippen molar-refractivity contribution >= 4 is 17.5 Å². The fourth-order valence-corrected chi connectivity index (χ4v) is 3.59. The summed E-state index contributed by atoms with van der Waals surface area (Å²) in [7, 11) is 2.12. The first-order valence-corrected chi connectivity index (χ1v) is 10.4. The summed E-state index contributed by atoms with van der Waals surface area (Å²) in [5.74, 6) is 1.93. The van der Waals surface area contributed by atoms with Crippen LogP contribution in [-0.4, -0.2) is 90.4 Å². The third kappa shape index (κ3) is 5.12. The monoisotopic (exact) mass is 412 g/mol. The van der Waals surface area contributed by atoms with E-state index in [0.717, 1.165) is 50.9 Å². The summed E-state index contributed by atoms with van der Waals surface area (Å²) in [6.45, 7) is 6.53. The number of anilines is 2. The van der Waals surface area contributed by atoms with Gasteiger partial charge in [-0.05, 0) is 32.0 Å². The molecule has 1 amide bonds. The van der Waals surface area contributed by atoms with Crippen LogP contribution in [0.3, 0.4) is 0 Å². The lowest BCUT2D eigenvalue weighted by Gasteiger charge is -2.33. The van der Waals surface area contributed by atoms with Crippen molar-refractivity contribution in [2.24, 2.45) is 0 Å². The Morgan fingerprint density at radius 1 is 1.00 bits per heavy atom. The van der Waals surface area contributed by atoms with E-state index < -0.39 is 0 Å². The van der Waals surface area contributed by atoms with Gasteiger partial charge in [-0.2, -0.15) is 0 Å². The highest BCUT2D eigenvalue weighted by molar-refractivity contribution is 5.92. The van der Waals surface area contributed by atoms with E-state index in [0.29, 0.717) is 24.7 Å². The molecule has 2 aromatic heterocycles. The molecular weight excluding hydrogens is 384 g/mol. The van der Waals surface area contributed by atoms with Crippen LogP contribution in [0.5, 0.6) is 5.88 Å². The second-order valence-electron chi connectivity index (χ2n) is 7.58. The molecule has 0 bridgehead atoms. The van der Waals surface area contributed by atoms with Crippen LogP contribution < -0.4 is 19.9 Å². The maximum absolute atomic E-state index is 12.3. The van der Waals surface area contributed by atoms with Gasteiger partial charge in [0.25, 0.3) is 5.91 Å². The Morgan fingerprint density at radius 3 is 2.50 bits per heavy atom. The van der Waals surface area contributed by atoms with E-state index in [1.807, 2.05) is 12.1 Å². The van der Waals surface area contributed by atoms with E-state index in [1.54, 1.807) is 6.07 Å². The van der Waals surface area contributed by atoms with Crippen LogP contribution in [0.2, 0.25) is 0 Å². The van der Waals surface area contributed by atoms with Gasteiger partial charge in [0.1, 0.15) is 18.8 Å². The van der Waals surface area contributed by atoms with Crippen LogP contribution >= 0.6 is 0 Å². The van der Waals surface area contributed by atoms with Gasteiger partial charge >= 0.3 is 0 Å². The molecule has 0 unspecified atom stereocenters. The van der Waals surface area contributed by atoms with Crippen LogP contribution in [0.15, 0.2) is 24.5 Å². The van der Waals surface area contributed by atoms with Crippen molar-refractivity contribution in [3.63, 3.8) is 0 Å². The number of carbonyl (C=O) groups excluding carboxylic acids is 1. The number of piperazine rings is 1. The molecule has 2 fully saturated rings. The van der Waals surface area contributed by atoms with Gasteiger partial charge in [0.15, 0.2) is 11.5 Å². The highest BCUT2D eigenvalue weighted by atomic mass is 16.5. The zero-order valence-corrected chi connectivity index (χ0v) is 17.3. The zero-order valence-electron chi connectivity index (χ0n) is 17.3. The molecule has 2 aliphatic rings. The summed E-state index contributed by atoms with van der Waals surface area (Å²) in [5, 5.41) is 11.0. The minimum absolute atomic E-state index is 0.264. The quantitative estimate of drug-likeness (QED) is 0.649. The van der Waals surface area contributed by atoms with Crippen LogP contribution in [-0.2, 0) is 0 Å². The first kappa shape index (κ1) is 20.3. The van der Waals surface area contributed by atoms with Crippen LogP contribution in [0, 0.1) is 0 Å². The van der Waals surface area contributed by atoms with Gasteiger partial charge in [0, 0.05) is 45.3 Å². The molecular formula is C20H28N8O2. The van der Waals surface area contributed by atoms with Gasteiger partial charge in [0.2, 0.25) is 5.88 Å². The number of ether oxygens (including phenoxy) is 1. The third-order valence-electron chi connectivity index (χ3n) is 5.41. The van der Waals surface area contributed by atoms with Crippen molar-refractivity contribution in [1.82, 2.24) is 30.4 Å². The van der Waals surface area contributed by atoms with Gasteiger partial charge in [-0.3, -0.25) is 4.79 Å². The summed E-state index contributed by atoms with van der Waals surface area (Å²) in [4.78, 5) is 27.5. The molecule has 0 aliphatic carbocycles. The number of amides is 1. The van der Waals surface area contributed by atoms with Gasteiger partial charge < -0.3 is 24.8 Å². The number of likely N-dealkylation sites (N-methyl/N-ethyl adjacent to an activating group) is 1. The van der Waals surface area contributed by atoms with Gasteiger partial charge in [-0.1, -0.05) is 0 Å². The van der Waals surface area contributed by atoms with Crippen LogP contribution in [0.4, 0.5) is 11.6 Å². The normalized spacial score (nSPS) is 17.2. The molecule has 0 spiro atoms. The molecule has 4 heterocycles. The summed E-state index contributed by atoms with van der Waals surface area (Å²) in [6.07, 6.45) is 3.86. The zero-order chi connectivity index (χ0) is 20.8. The Bertz CT molecular complexity index is 833. The molecule has 0 saturated carbocycles. The van der Waals surface area contributed by atoms with E-state index in [2.05, 4.69) is 47.2 Å². The minimum atomic E-state index is -0.264. The van der Waals surface area contributed by atoms with Crippen molar-refractivity contribution in [1.29, 1.82) is 0 Å². The van der Waals surface area contributed by atoms with Crippen molar-refractivity contribution in [2.45, 2.75) is 12.8 Å². The molecule has 10 nitrogen and oxygen atoms in total. The van der Waals surface area contributed by atoms with Crippen LogP contribution in [0.25, 0.3) is 0 Å². The molecule has 30 heavy (non-hydrogen) atoms. The molecule has 10 heteroatoms. The molecule has 2 saturated heterocycles. The van der Waals surface area contributed by atoms with Gasteiger partial charge in [-0.15, -0.1) is 10.2 Å². The topological polar surface area (TPSA) is 99.6 Å². The van der Waals surface area contributed by atoms with E-state index in [-0.39, 0.29) is 5.91 Å². The third-order valence-corrected chi connectivity index (χ3v) is 5.41. The van der Waals surface area contributed by atoms with Crippen molar-refractivity contribution in [3.05, 3.63) is 30.2 Å². The number of carbonyl (C=O) groups is 1. The van der Waals surface area contributed by atoms with Crippen molar-refractivity contribution in [3.8, 4) is 5.88 Å². The predicted molar refractivity (Wildman–Crippen MR) is 113 cm³/mol. The summed E-state index contributed by atoms with van der Waals surface area (Å²) in [5.41, 5.74) is 0.303. The largest absolute Gasteiger partial charge is 0.476 e. The Balaban J connectivity index is 1.22. The second kappa shape index (κ2) is 9.66. The fraction of sp³-hybridized carbons (Fsp3) is 0.550. The highest BCUT2D eigenvalue weighted by Gasteiger charge is 2.17. The first-order chi connectivity index (χ1) is 14.7. The molecule has 0 aromatic carbocycles. The molecule has 2 aliphatic heterocycles. The standard InChI is InChI=1S/C20H28N8O2/c1-26-9-11-28(12-10-26)18-14-19(23-15-22-18)30-13-6-21-20(29)16-4-5-17(25-24-16)27-7-2-3-8-27/h4-5,14-15H,2-3,6-13H2,1H3,(H,21,29). The molecule has 1 N–H and O–H groups in total. The maximum atomic E-state index is 12.3. The summed E-state index contributed by atoms with van der Waals surface area (Å²) < 4.78 is 5.69. The van der Waals surface area contributed by atoms with Crippen molar-refractivity contribution in [2.75, 3.05) is 69.3 Å². The molecule has 0 atom stereocenters. The Morgan fingerprint density at radius 2 is 1.77 bits per heavy atom. The maximum Gasteiger partial charge on any atom is 0.271 e. The average Bonchev–Trinajstić information content (AvgIpc) is 3.32. The summed E-state index contributed by atoms with van der Waals surface area (Å²) >= 11 is 0. The number of hydrogen-bond acceptors (Lipinski definition) is 9. The smallest absolute Gasteiger partial charge is 0.271 e. The number of nitrogens with one attached hydrogen (secondary N) is 1. The molecule has 160 valence electrons. The Hall–Kier alpha value is -3.01. The highest BCUT2D eigenvalue weighted by Crippen LogP contribution is 2.18. The fourth-order valence-electron chi connectivity index (χ4n) is 3.59. The Labute approximate surface area is 176 Å². The number of nitrogens with zero attached hydrogens (tertiary/aromatic N) is 7. The number of hydrogen-bond donors (Lipinski definition) is 1. The van der Waals surface area contributed by atoms with E-state index in [9.17, 15) is 4.79 Å². The lowest BCUT2D eigenvalue weighted by atomic mass is 10.3. The molecule has 4 rings (SSSR count). The number of aromatic nitrogens is 4. The molecule has 0 radical (unpaired) electrons. The lowest BCUT2D eigenvalue weighted by Crippen LogP contribution is -2.44. The van der Waals surface area contributed by atoms with Crippen molar-refractivity contribution < 1.29 is 9.53 Å². The van der Waals surface area contributed by atoms with E-state index in [1.165, 1.54) is 19.2 Å². The van der Waals surface area contributed by atoms with E-state index >= 15 is 0 Å². The lowest BCUT2D eigenvalue weighted by molar-refractivity contribution is 0.0940.